The fourth-order valence-electron chi connectivity index (χ4n) is 2.89. The second-order valence-electron chi connectivity index (χ2n) is 6.68. The number of nitrogens with zero attached hydrogens (tertiary/aromatic N) is 5. The lowest BCUT2D eigenvalue weighted by Crippen LogP contribution is -2.18. The van der Waals surface area contributed by atoms with Gasteiger partial charge in [0.05, 0.1) is 30.9 Å². The maximum Gasteiger partial charge on any atom is 0.147 e. The van der Waals surface area contributed by atoms with Gasteiger partial charge in [-0.25, -0.2) is 4.98 Å². The van der Waals surface area contributed by atoms with Gasteiger partial charge in [0.1, 0.15) is 11.6 Å². The second kappa shape index (κ2) is 8.60. The molecule has 0 aliphatic rings. The summed E-state index contributed by atoms with van der Waals surface area (Å²) in [6.45, 7) is 1.59. The van der Waals surface area contributed by atoms with Gasteiger partial charge in [0.15, 0.2) is 0 Å². The molecule has 3 aromatic rings. The molecule has 3 rings (SSSR count). The first-order chi connectivity index (χ1) is 13.1. The standard InChI is InChI=1S/C21H25N5O/c1-25(2)21-13-22-12-19(24-21)18-11-16(8-9-20(18)27-4)14-26(3)15-17-7-5-6-10-23-17/h5-13H,14-15H2,1-4H3. The van der Waals surface area contributed by atoms with Gasteiger partial charge in [-0.2, -0.15) is 0 Å². The van der Waals surface area contributed by atoms with Gasteiger partial charge in [0.2, 0.25) is 0 Å². The van der Waals surface area contributed by atoms with Gasteiger partial charge in [0.25, 0.3) is 0 Å². The molecule has 0 bridgehead atoms. The molecule has 0 saturated carbocycles. The van der Waals surface area contributed by atoms with Crippen LogP contribution in [-0.2, 0) is 13.1 Å². The molecule has 0 spiro atoms. The fourth-order valence-corrected chi connectivity index (χ4v) is 2.89. The van der Waals surface area contributed by atoms with Gasteiger partial charge in [-0.15, -0.1) is 0 Å². The van der Waals surface area contributed by atoms with Crippen LogP contribution < -0.4 is 9.64 Å². The average Bonchev–Trinajstić information content (AvgIpc) is 2.68. The first-order valence-electron chi connectivity index (χ1n) is 8.82. The number of ether oxygens (including phenoxy) is 1. The van der Waals surface area contributed by atoms with Gasteiger partial charge >= 0.3 is 0 Å². The number of anilines is 1. The van der Waals surface area contributed by atoms with E-state index in [-0.39, 0.29) is 0 Å². The number of rotatable bonds is 7. The third-order valence-electron chi connectivity index (χ3n) is 4.23. The first kappa shape index (κ1) is 18.8. The molecule has 2 aromatic heterocycles. The Hall–Kier alpha value is -2.99. The molecule has 0 atom stereocenters. The van der Waals surface area contributed by atoms with Crippen LogP contribution >= 0.6 is 0 Å². The molecular formula is C21H25N5O. The monoisotopic (exact) mass is 363 g/mol. The summed E-state index contributed by atoms with van der Waals surface area (Å²) in [6, 6.07) is 12.2. The van der Waals surface area contributed by atoms with Crippen molar-refractivity contribution in [3.63, 3.8) is 0 Å². The van der Waals surface area contributed by atoms with Crippen LogP contribution in [0.2, 0.25) is 0 Å². The summed E-state index contributed by atoms with van der Waals surface area (Å²) in [5, 5.41) is 0. The third-order valence-corrected chi connectivity index (χ3v) is 4.23. The lowest BCUT2D eigenvalue weighted by atomic mass is 10.1. The van der Waals surface area contributed by atoms with E-state index in [0.717, 1.165) is 41.6 Å². The molecule has 0 aliphatic carbocycles. The Balaban J connectivity index is 1.84. The summed E-state index contributed by atoms with van der Waals surface area (Å²) in [4.78, 5) is 17.6. The van der Waals surface area contributed by atoms with Crippen molar-refractivity contribution >= 4 is 5.82 Å². The van der Waals surface area contributed by atoms with E-state index < -0.39 is 0 Å². The Morgan fingerprint density at radius 2 is 1.85 bits per heavy atom. The highest BCUT2D eigenvalue weighted by Crippen LogP contribution is 2.30. The van der Waals surface area contributed by atoms with E-state index >= 15 is 0 Å². The zero-order valence-corrected chi connectivity index (χ0v) is 16.3. The predicted molar refractivity (Wildman–Crippen MR) is 108 cm³/mol. The van der Waals surface area contributed by atoms with Crippen LogP contribution in [-0.4, -0.2) is 48.1 Å². The number of pyridine rings is 1. The largest absolute Gasteiger partial charge is 0.496 e. The normalized spacial score (nSPS) is 10.9. The van der Waals surface area contributed by atoms with Crippen LogP contribution in [0.25, 0.3) is 11.3 Å². The van der Waals surface area contributed by atoms with E-state index in [9.17, 15) is 0 Å². The summed E-state index contributed by atoms with van der Waals surface area (Å²) >= 11 is 0. The Labute approximate surface area is 160 Å². The number of hydrogen-bond donors (Lipinski definition) is 0. The summed E-state index contributed by atoms with van der Waals surface area (Å²) in [6.07, 6.45) is 5.35. The van der Waals surface area contributed by atoms with Gasteiger partial charge in [-0.05, 0) is 36.9 Å². The topological polar surface area (TPSA) is 54.4 Å². The second-order valence-corrected chi connectivity index (χ2v) is 6.68. The zero-order chi connectivity index (χ0) is 19.2. The van der Waals surface area contributed by atoms with E-state index in [0.29, 0.717) is 0 Å². The lowest BCUT2D eigenvalue weighted by Gasteiger charge is -2.18. The smallest absolute Gasteiger partial charge is 0.147 e. The quantitative estimate of drug-likeness (QED) is 0.642. The van der Waals surface area contributed by atoms with Crippen molar-refractivity contribution in [1.29, 1.82) is 0 Å². The van der Waals surface area contributed by atoms with Crippen LogP contribution in [0.4, 0.5) is 5.82 Å². The molecule has 0 saturated heterocycles. The molecule has 0 aliphatic heterocycles. The fraction of sp³-hybridized carbons (Fsp3) is 0.286. The summed E-state index contributed by atoms with van der Waals surface area (Å²) in [5.41, 5.74) is 3.98. The number of benzene rings is 1. The number of aromatic nitrogens is 3. The van der Waals surface area contributed by atoms with Gasteiger partial charge in [-0.1, -0.05) is 12.1 Å². The van der Waals surface area contributed by atoms with Gasteiger partial charge in [-0.3, -0.25) is 14.9 Å². The van der Waals surface area contributed by atoms with E-state index in [1.54, 1.807) is 19.5 Å². The highest BCUT2D eigenvalue weighted by molar-refractivity contribution is 5.68. The molecule has 27 heavy (non-hydrogen) atoms. The van der Waals surface area contributed by atoms with Crippen LogP contribution in [0.1, 0.15) is 11.3 Å². The number of hydrogen-bond acceptors (Lipinski definition) is 6. The molecule has 0 unspecified atom stereocenters. The van der Waals surface area contributed by atoms with Crippen LogP contribution in [0, 0.1) is 0 Å². The van der Waals surface area contributed by atoms with Crippen molar-refractivity contribution < 1.29 is 4.74 Å². The summed E-state index contributed by atoms with van der Waals surface area (Å²) in [5.74, 6) is 1.60. The Kier molecular flexibility index (Phi) is 5.98. The maximum atomic E-state index is 5.55. The zero-order valence-electron chi connectivity index (χ0n) is 16.3. The van der Waals surface area contributed by atoms with Crippen molar-refractivity contribution in [1.82, 2.24) is 19.9 Å². The van der Waals surface area contributed by atoms with Crippen molar-refractivity contribution in [3.8, 4) is 17.0 Å². The molecule has 0 fully saturated rings. The number of methoxy groups -OCH3 is 1. The molecule has 6 nitrogen and oxygen atoms in total. The van der Waals surface area contributed by atoms with Crippen LogP contribution in [0.15, 0.2) is 55.0 Å². The highest BCUT2D eigenvalue weighted by atomic mass is 16.5. The maximum absolute atomic E-state index is 5.55. The molecular weight excluding hydrogens is 338 g/mol. The van der Waals surface area contributed by atoms with Gasteiger partial charge < -0.3 is 9.64 Å². The molecule has 0 radical (unpaired) electrons. The molecule has 0 amide bonds. The molecule has 2 heterocycles. The van der Waals surface area contributed by atoms with E-state index in [4.69, 9.17) is 9.72 Å². The van der Waals surface area contributed by atoms with Crippen molar-refractivity contribution in [3.05, 3.63) is 66.2 Å². The van der Waals surface area contributed by atoms with Crippen LogP contribution in [0.3, 0.4) is 0 Å². The third kappa shape index (κ3) is 4.80. The Morgan fingerprint density at radius 3 is 2.56 bits per heavy atom. The molecule has 0 N–H and O–H groups in total. The minimum Gasteiger partial charge on any atom is -0.496 e. The predicted octanol–water partition coefficient (Wildman–Crippen LogP) is 3.25. The molecule has 6 heteroatoms. The minimum absolute atomic E-state index is 0.788. The van der Waals surface area contributed by atoms with E-state index in [1.807, 2.05) is 49.5 Å². The molecule has 1 aromatic carbocycles. The molecule has 140 valence electrons. The SMILES string of the molecule is COc1ccc(CN(C)Cc2ccccn2)cc1-c1cncc(N(C)C)n1. The van der Waals surface area contributed by atoms with Crippen molar-refractivity contribution in [2.75, 3.05) is 33.2 Å². The first-order valence-corrected chi connectivity index (χ1v) is 8.82. The van der Waals surface area contributed by atoms with Crippen molar-refractivity contribution in [2.45, 2.75) is 13.1 Å². The van der Waals surface area contributed by atoms with Crippen LogP contribution in [0.5, 0.6) is 5.75 Å². The van der Waals surface area contributed by atoms with E-state index in [1.165, 1.54) is 5.56 Å². The van der Waals surface area contributed by atoms with Gasteiger partial charge in [0, 0.05) is 38.9 Å². The Morgan fingerprint density at radius 1 is 1.00 bits per heavy atom. The minimum atomic E-state index is 0.788. The summed E-state index contributed by atoms with van der Waals surface area (Å²) < 4.78 is 5.55. The average molecular weight is 363 g/mol. The van der Waals surface area contributed by atoms with E-state index in [2.05, 4.69) is 34.0 Å². The Bertz CT molecular complexity index is 883. The summed E-state index contributed by atoms with van der Waals surface area (Å²) in [7, 11) is 7.67. The van der Waals surface area contributed by atoms with Crippen molar-refractivity contribution in [2.24, 2.45) is 0 Å². The highest BCUT2D eigenvalue weighted by Gasteiger charge is 2.12. The lowest BCUT2D eigenvalue weighted by molar-refractivity contribution is 0.315.